The molecule has 100 valence electrons. The molecule has 1 aromatic rings. The number of rotatable bonds is 3. The Morgan fingerprint density at radius 1 is 1.39 bits per heavy atom. The zero-order valence-corrected chi connectivity index (χ0v) is 11.4. The standard InChI is InChI=1S/C14H24N4/c1-10(2)18-7-11(5-16-18)6-17-8-12-3-4-14(15)13(12)9-17/h5,7,10,12-14H,3-4,6,8-9,15H2,1-2H3. The van der Waals surface area contributed by atoms with Crippen molar-refractivity contribution in [2.24, 2.45) is 17.6 Å². The summed E-state index contributed by atoms with van der Waals surface area (Å²) < 4.78 is 2.04. The van der Waals surface area contributed by atoms with Crippen LogP contribution in [0.25, 0.3) is 0 Å². The molecule has 2 aliphatic rings. The van der Waals surface area contributed by atoms with Gasteiger partial charge in [0.05, 0.1) is 6.20 Å². The van der Waals surface area contributed by atoms with Crippen molar-refractivity contribution in [3.8, 4) is 0 Å². The van der Waals surface area contributed by atoms with Crippen molar-refractivity contribution in [2.75, 3.05) is 13.1 Å². The van der Waals surface area contributed by atoms with Crippen molar-refractivity contribution in [1.29, 1.82) is 0 Å². The minimum atomic E-state index is 0.443. The molecule has 0 spiro atoms. The Balaban J connectivity index is 1.60. The molecule has 3 rings (SSSR count). The molecule has 1 aromatic heterocycles. The Morgan fingerprint density at radius 2 is 2.22 bits per heavy atom. The summed E-state index contributed by atoms with van der Waals surface area (Å²) >= 11 is 0. The summed E-state index contributed by atoms with van der Waals surface area (Å²) in [5.41, 5.74) is 7.51. The van der Waals surface area contributed by atoms with Crippen molar-refractivity contribution in [3.63, 3.8) is 0 Å². The van der Waals surface area contributed by atoms with Crippen LogP contribution in [-0.4, -0.2) is 33.8 Å². The number of aromatic nitrogens is 2. The van der Waals surface area contributed by atoms with E-state index in [-0.39, 0.29) is 0 Å². The minimum Gasteiger partial charge on any atom is -0.327 e. The van der Waals surface area contributed by atoms with Gasteiger partial charge in [0, 0.05) is 43.5 Å². The molecule has 1 saturated carbocycles. The predicted octanol–water partition coefficient (Wildman–Crippen LogP) is 1.63. The van der Waals surface area contributed by atoms with Gasteiger partial charge in [-0.2, -0.15) is 5.10 Å². The maximum absolute atomic E-state index is 6.18. The fourth-order valence-electron chi connectivity index (χ4n) is 3.53. The fraction of sp³-hybridized carbons (Fsp3) is 0.786. The lowest BCUT2D eigenvalue weighted by Crippen LogP contribution is -2.30. The smallest absolute Gasteiger partial charge is 0.0534 e. The first kappa shape index (κ1) is 12.2. The van der Waals surface area contributed by atoms with Gasteiger partial charge in [0.2, 0.25) is 0 Å². The lowest BCUT2D eigenvalue weighted by atomic mass is 9.98. The average Bonchev–Trinajstić information content (AvgIpc) is 2.98. The molecule has 2 N–H and O–H groups in total. The van der Waals surface area contributed by atoms with Crippen LogP contribution < -0.4 is 5.73 Å². The van der Waals surface area contributed by atoms with Gasteiger partial charge < -0.3 is 5.73 Å². The molecule has 0 amide bonds. The molecule has 0 radical (unpaired) electrons. The van der Waals surface area contributed by atoms with Crippen LogP contribution in [0.2, 0.25) is 0 Å². The van der Waals surface area contributed by atoms with Gasteiger partial charge in [-0.25, -0.2) is 0 Å². The van der Waals surface area contributed by atoms with Gasteiger partial charge in [-0.3, -0.25) is 9.58 Å². The summed E-state index contributed by atoms with van der Waals surface area (Å²) in [6, 6.07) is 0.892. The van der Waals surface area contributed by atoms with Gasteiger partial charge in [0.1, 0.15) is 0 Å². The molecule has 1 aliphatic heterocycles. The Bertz CT molecular complexity index is 412. The number of hydrogen-bond acceptors (Lipinski definition) is 3. The van der Waals surface area contributed by atoms with Crippen LogP contribution in [0.1, 0.15) is 38.3 Å². The lowest BCUT2D eigenvalue weighted by Gasteiger charge is -2.17. The van der Waals surface area contributed by atoms with Crippen LogP contribution >= 0.6 is 0 Å². The molecule has 2 heterocycles. The quantitative estimate of drug-likeness (QED) is 0.884. The molecule has 1 aliphatic carbocycles. The highest BCUT2D eigenvalue weighted by Crippen LogP contribution is 2.37. The van der Waals surface area contributed by atoms with E-state index in [4.69, 9.17) is 5.73 Å². The fourth-order valence-corrected chi connectivity index (χ4v) is 3.53. The Hall–Kier alpha value is -0.870. The maximum Gasteiger partial charge on any atom is 0.0534 e. The van der Waals surface area contributed by atoms with E-state index in [9.17, 15) is 0 Å². The van der Waals surface area contributed by atoms with E-state index in [0.717, 1.165) is 18.4 Å². The molecule has 3 unspecified atom stereocenters. The molecule has 1 saturated heterocycles. The average molecular weight is 248 g/mol. The van der Waals surface area contributed by atoms with Gasteiger partial charge in [0.15, 0.2) is 0 Å². The third kappa shape index (κ3) is 2.19. The van der Waals surface area contributed by atoms with Crippen molar-refractivity contribution in [1.82, 2.24) is 14.7 Å². The molecule has 4 heteroatoms. The van der Waals surface area contributed by atoms with Crippen LogP contribution in [0.3, 0.4) is 0 Å². The van der Waals surface area contributed by atoms with Crippen molar-refractivity contribution >= 4 is 0 Å². The Labute approximate surface area is 109 Å². The molecular formula is C14H24N4. The van der Waals surface area contributed by atoms with Crippen LogP contribution in [0, 0.1) is 11.8 Å². The Kier molecular flexibility index (Phi) is 3.16. The molecule has 18 heavy (non-hydrogen) atoms. The highest BCUT2D eigenvalue weighted by molar-refractivity contribution is 5.06. The van der Waals surface area contributed by atoms with Crippen LogP contribution in [-0.2, 0) is 6.54 Å². The van der Waals surface area contributed by atoms with Crippen LogP contribution in [0.4, 0.5) is 0 Å². The van der Waals surface area contributed by atoms with Gasteiger partial charge in [-0.05, 0) is 38.5 Å². The molecule has 2 fully saturated rings. The van der Waals surface area contributed by atoms with E-state index in [1.807, 2.05) is 10.9 Å². The maximum atomic E-state index is 6.18. The predicted molar refractivity (Wildman–Crippen MR) is 72.1 cm³/mol. The number of likely N-dealkylation sites (tertiary alicyclic amines) is 1. The van der Waals surface area contributed by atoms with Gasteiger partial charge >= 0.3 is 0 Å². The van der Waals surface area contributed by atoms with E-state index in [0.29, 0.717) is 12.1 Å². The summed E-state index contributed by atoms with van der Waals surface area (Å²) in [5, 5.41) is 4.41. The monoisotopic (exact) mass is 248 g/mol. The van der Waals surface area contributed by atoms with E-state index in [1.165, 1.54) is 31.5 Å². The topological polar surface area (TPSA) is 47.1 Å². The highest BCUT2D eigenvalue weighted by atomic mass is 15.3. The molecule has 0 bridgehead atoms. The summed E-state index contributed by atoms with van der Waals surface area (Å²) in [5.74, 6) is 1.59. The summed E-state index contributed by atoms with van der Waals surface area (Å²) in [6.45, 7) is 7.77. The zero-order valence-electron chi connectivity index (χ0n) is 11.4. The van der Waals surface area contributed by atoms with E-state index >= 15 is 0 Å². The third-order valence-electron chi connectivity index (χ3n) is 4.58. The first-order valence-corrected chi connectivity index (χ1v) is 7.14. The second-order valence-electron chi connectivity index (χ2n) is 6.28. The number of hydrogen-bond donors (Lipinski definition) is 1. The highest BCUT2D eigenvalue weighted by Gasteiger charge is 2.40. The summed E-state index contributed by atoms with van der Waals surface area (Å²) in [6.07, 6.45) is 6.74. The van der Waals surface area contributed by atoms with Gasteiger partial charge in [0.25, 0.3) is 0 Å². The van der Waals surface area contributed by atoms with Gasteiger partial charge in [-0.1, -0.05) is 0 Å². The van der Waals surface area contributed by atoms with E-state index in [1.54, 1.807) is 0 Å². The second-order valence-corrected chi connectivity index (χ2v) is 6.28. The number of nitrogens with zero attached hydrogens (tertiary/aromatic N) is 3. The first-order chi connectivity index (χ1) is 8.63. The minimum absolute atomic E-state index is 0.443. The summed E-state index contributed by atoms with van der Waals surface area (Å²) in [7, 11) is 0. The second kappa shape index (κ2) is 4.67. The third-order valence-corrected chi connectivity index (χ3v) is 4.58. The molecule has 0 aromatic carbocycles. The number of nitrogens with two attached hydrogens (primary N) is 1. The molecular weight excluding hydrogens is 224 g/mol. The van der Waals surface area contributed by atoms with Crippen molar-refractivity contribution < 1.29 is 0 Å². The number of fused-ring (bicyclic) bond motifs is 1. The lowest BCUT2D eigenvalue weighted by molar-refractivity contribution is 0.298. The van der Waals surface area contributed by atoms with Crippen LogP contribution in [0.5, 0.6) is 0 Å². The van der Waals surface area contributed by atoms with Gasteiger partial charge in [-0.15, -0.1) is 0 Å². The van der Waals surface area contributed by atoms with Crippen LogP contribution in [0.15, 0.2) is 12.4 Å². The van der Waals surface area contributed by atoms with Crippen molar-refractivity contribution in [3.05, 3.63) is 18.0 Å². The van der Waals surface area contributed by atoms with Crippen molar-refractivity contribution in [2.45, 2.75) is 45.3 Å². The SMILES string of the molecule is CC(C)n1cc(CN2CC3CCC(N)C3C2)cn1. The largest absolute Gasteiger partial charge is 0.327 e. The first-order valence-electron chi connectivity index (χ1n) is 7.14. The Morgan fingerprint density at radius 3 is 2.89 bits per heavy atom. The van der Waals surface area contributed by atoms with E-state index in [2.05, 4.69) is 30.0 Å². The molecule has 4 nitrogen and oxygen atoms in total. The molecule has 3 atom stereocenters. The zero-order chi connectivity index (χ0) is 12.7. The van der Waals surface area contributed by atoms with E-state index < -0.39 is 0 Å². The summed E-state index contributed by atoms with van der Waals surface area (Å²) in [4.78, 5) is 2.55. The normalized spacial score (nSPS) is 32.3.